The lowest BCUT2D eigenvalue weighted by Crippen LogP contribution is -2.07. The van der Waals surface area contributed by atoms with Crippen molar-refractivity contribution in [3.05, 3.63) is 164 Å². The van der Waals surface area contributed by atoms with Gasteiger partial charge in [-0.05, 0) is 30.3 Å². The summed E-state index contributed by atoms with van der Waals surface area (Å²) >= 11 is 0. The monoisotopic (exact) mass is 653 g/mol. The number of nitrogens with zero attached hydrogens (tertiary/aromatic N) is 5. The standard InChI is InChI=1S/C45H27N5O/c1-3-13-28(14-4-1)43-46-44(29-15-5-2-6-16-29)48-45(47-43)50-38-21-11-8-18-32(38)36-26-25-35-31-17-7-10-20-37(31)49(41(35)42(36)50)30-23-24-34-33-19-9-12-22-39(33)51-40(34)27-30/h1-27H. The van der Waals surface area contributed by atoms with Crippen molar-refractivity contribution in [3.8, 4) is 34.4 Å². The van der Waals surface area contributed by atoms with Crippen LogP contribution in [0.4, 0.5) is 0 Å². The van der Waals surface area contributed by atoms with E-state index in [1.54, 1.807) is 0 Å². The molecular weight excluding hydrogens is 627 g/mol. The molecule has 6 nitrogen and oxygen atoms in total. The van der Waals surface area contributed by atoms with Crippen LogP contribution in [0, 0.1) is 0 Å². The summed E-state index contributed by atoms with van der Waals surface area (Å²) < 4.78 is 11.0. The van der Waals surface area contributed by atoms with Crippen LogP contribution in [0.5, 0.6) is 0 Å². The normalized spacial score (nSPS) is 11.9. The molecule has 0 aliphatic rings. The maximum absolute atomic E-state index is 6.41. The van der Waals surface area contributed by atoms with Gasteiger partial charge in [0.2, 0.25) is 5.95 Å². The van der Waals surface area contributed by atoms with Crippen molar-refractivity contribution >= 4 is 65.6 Å². The van der Waals surface area contributed by atoms with Gasteiger partial charge < -0.3 is 8.98 Å². The van der Waals surface area contributed by atoms with E-state index in [1.807, 2.05) is 72.8 Å². The molecule has 0 bridgehead atoms. The molecule has 0 aliphatic heterocycles. The van der Waals surface area contributed by atoms with Crippen LogP contribution < -0.4 is 0 Å². The van der Waals surface area contributed by atoms with E-state index in [0.717, 1.165) is 77.0 Å². The number of aromatic nitrogens is 5. The number of benzene rings is 7. The van der Waals surface area contributed by atoms with Gasteiger partial charge in [0, 0.05) is 49.5 Å². The molecule has 7 aromatic carbocycles. The minimum absolute atomic E-state index is 0.561. The second kappa shape index (κ2) is 10.7. The van der Waals surface area contributed by atoms with Crippen molar-refractivity contribution < 1.29 is 4.42 Å². The van der Waals surface area contributed by atoms with Crippen LogP contribution in [0.2, 0.25) is 0 Å². The fourth-order valence-corrected chi connectivity index (χ4v) is 7.73. The zero-order valence-electron chi connectivity index (χ0n) is 27.2. The van der Waals surface area contributed by atoms with Gasteiger partial charge in [0.05, 0.1) is 27.8 Å². The molecule has 11 rings (SSSR count). The van der Waals surface area contributed by atoms with Crippen LogP contribution in [0.25, 0.3) is 100.0 Å². The summed E-state index contributed by atoms with van der Waals surface area (Å²) in [6.45, 7) is 0. The molecule has 238 valence electrons. The second-order valence-electron chi connectivity index (χ2n) is 12.9. The van der Waals surface area contributed by atoms with Crippen LogP contribution in [-0.4, -0.2) is 24.1 Å². The van der Waals surface area contributed by atoms with Crippen LogP contribution in [-0.2, 0) is 0 Å². The highest BCUT2D eigenvalue weighted by atomic mass is 16.3. The summed E-state index contributed by atoms with van der Waals surface area (Å²) in [6.07, 6.45) is 0. The number of hydrogen-bond donors (Lipinski definition) is 0. The molecule has 0 spiro atoms. The van der Waals surface area contributed by atoms with Crippen molar-refractivity contribution in [3.63, 3.8) is 0 Å². The molecule has 4 heterocycles. The van der Waals surface area contributed by atoms with Gasteiger partial charge in [-0.1, -0.05) is 127 Å². The number of furan rings is 1. The highest BCUT2D eigenvalue weighted by molar-refractivity contribution is 6.23. The number of para-hydroxylation sites is 3. The second-order valence-corrected chi connectivity index (χ2v) is 12.9. The minimum Gasteiger partial charge on any atom is -0.456 e. The fraction of sp³-hybridized carbons (Fsp3) is 0. The van der Waals surface area contributed by atoms with Crippen molar-refractivity contribution in [2.45, 2.75) is 0 Å². The molecule has 0 amide bonds. The number of hydrogen-bond acceptors (Lipinski definition) is 4. The van der Waals surface area contributed by atoms with E-state index in [9.17, 15) is 0 Å². The van der Waals surface area contributed by atoms with Gasteiger partial charge in [-0.15, -0.1) is 0 Å². The Balaban J connectivity index is 1.29. The van der Waals surface area contributed by atoms with Crippen LogP contribution >= 0.6 is 0 Å². The predicted octanol–water partition coefficient (Wildman–Crippen LogP) is 11.3. The molecule has 4 aromatic heterocycles. The molecule has 0 radical (unpaired) electrons. The summed E-state index contributed by atoms with van der Waals surface area (Å²) in [5.41, 5.74) is 8.84. The molecular formula is C45H27N5O. The first kappa shape index (κ1) is 27.9. The molecule has 6 heteroatoms. The maximum Gasteiger partial charge on any atom is 0.238 e. The predicted molar refractivity (Wildman–Crippen MR) is 207 cm³/mol. The summed E-state index contributed by atoms with van der Waals surface area (Å²) in [7, 11) is 0. The highest BCUT2D eigenvalue weighted by Crippen LogP contribution is 2.42. The molecule has 0 N–H and O–H groups in total. The summed E-state index contributed by atoms with van der Waals surface area (Å²) in [5.74, 6) is 1.80. The van der Waals surface area contributed by atoms with Gasteiger partial charge >= 0.3 is 0 Å². The van der Waals surface area contributed by atoms with Crippen LogP contribution in [0.3, 0.4) is 0 Å². The van der Waals surface area contributed by atoms with Gasteiger partial charge in [-0.3, -0.25) is 4.57 Å². The molecule has 0 aliphatic carbocycles. The smallest absolute Gasteiger partial charge is 0.238 e. The van der Waals surface area contributed by atoms with Crippen LogP contribution in [0.1, 0.15) is 0 Å². The van der Waals surface area contributed by atoms with Gasteiger partial charge in [0.25, 0.3) is 0 Å². The van der Waals surface area contributed by atoms with E-state index in [2.05, 4.69) is 100 Å². The fourth-order valence-electron chi connectivity index (χ4n) is 7.73. The van der Waals surface area contributed by atoms with Gasteiger partial charge in [-0.25, -0.2) is 4.98 Å². The van der Waals surface area contributed by atoms with E-state index in [4.69, 9.17) is 19.4 Å². The molecule has 51 heavy (non-hydrogen) atoms. The summed E-state index contributed by atoms with van der Waals surface area (Å²) in [6, 6.07) is 56.7. The van der Waals surface area contributed by atoms with E-state index in [0.29, 0.717) is 17.6 Å². The zero-order valence-corrected chi connectivity index (χ0v) is 27.2. The topological polar surface area (TPSA) is 61.7 Å². The summed E-state index contributed by atoms with van der Waals surface area (Å²) in [4.78, 5) is 15.4. The molecule has 11 aromatic rings. The lowest BCUT2D eigenvalue weighted by molar-refractivity contribution is 0.668. The largest absolute Gasteiger partial charge is 0.456 e. The molecule has 0 saturated carbocycles. The molecule has 0 fully saturated rings. The SMILES string of the molecule is c1ccc(-c2nc(-c3ccccc3)nc(-n3c4ccccc4c4ccc5c6ccccc6n(-c6ccc7c(c6)oc6ccccc67)c5c43)n2)cc1. The third kappa shape index (κ3) is 4.14. The van der Waals surface area contributed by atoms with Gasteiger partial charge in [0.15, 0.2) is 11.6 Å². The Bertz CT molecular complexity index is 3080. The molecule has 0 unspecified atom stereocenters. The van der Waals surface area contributed by atoms with Crippen molar-refractivity contribution in [1.29, 1.82) is 0 Å². The minimum atomic E-state index is 0.561. The average Bonchev–Trinajstić information content (AvgIpc) is 3.86. The van der Waals surface area contributed by atoms with Crippen molar-refractivity contribution in [2.75, 3.05) is 0 Å². The number of fused-ring (bicyclic) bond motifs is 10. The third-order valence-corrected chi connectivity index (χ3v) is 9.98. The van der Waals surface area contributed by atoms with Gasteiger partial charge in [-0.2, -0.15) is 9.97 Å². The van der Waals surface area contributed by atoms with E-state index >= 15 is 0 Å². The van der Waals surface area contributed by atoms with E-state index < -0.39 is 0 Å². The summed E-state index contributed by atoms with van der Waals surface area (Å²) in [5, 5.41) is 6.77. The zero-order chi connectivity index (χ0) is 33.5. The first-order valence-corrected chi connectivity index (χ1v) is 17.0. The Kier molecular flexibility index (Phi) is 5.86. The van der Waals surface area contributed by atoms with E-state index in [-0.39, 0.29) is 0 Å². The Labute approximate surface area is 291 Å². The number of rotatable bonds is 4. The first-order chi connectivity index (χ1) is 25.3. The lowest BCUT2D eigenvalue weighted by Gasteiger charge is -2.13. The average molecular weight is 654 g/mol. The quantitative estimate of drug-likeness (QED) is 0.190. The highest BCUT2D eigenvalue weighted by Gasteiger charge is 2.23. The molecule has 0 atom stereocenters. The van der Waals surface area contributed by atoms with Crippen molar-refractivity contribution in [2.24, 2.45) is 0 Å². The Hall–Kier alpha value is -7.05. The van der Waals surface area contributed by atoms with Crippen LogP contribution in [0.15, 0.2) is 168 Å². The molecule has 0 saturated heterocycles. The first-order valence-electron chi connectivity index (χ1n) is 17.0. The Morgan fingerprint density at radius 2 is 0.863 bits per heavy atom. The van der Waals surface area contributed by atoms with Crippen molar-refractivity contribution in [1.82, 2.24) is 24.1 Å². The Morgan fingerprint density at radius 3 is 1.51 bits per heavy atom. The Morgan fingerprint density at radius 1 is 0.373 bits per heavy atom. The third-order valence-electron chi connectivity index (χ3n) is 9.98. The van der Waals surface area contributed by atoms with E-state index in [1.165, 1.54) is 5.39 Å². The van der Waals surface area contributed by atoms with Gasteiger partial charge in [0.1, 0.15) is 11.2 Å². The lowest BCUT2D eigenvalue weighted by atomic mass is 10.1. The maximum atomic E-state index is 6.41.